The molecule has 0 saturated heterocycles. The van der Waals surface area contributed by atoms with E-state index in [1.165, 1.54) is 12.1 Å². The third kappa shape index (κ3) is 4.61. The molecule has 0 radical (unpaired) electrons. The SMILES string of the molecule is COc1c(C)cnc(CSc2nnc(-c3ccc(F)cc3)n2Cc2ccccc2)c1C. The van der Waals surface area contributed by atoms with Crippen LogP contribution in [0.5, 0.6) is 5.75 Å². The Balaban J connectivity index is 1.66. The number of nitrogens with zero attached hydrogens (tertiary/aromatic N) is 4. The van der Waals surface area contributed by atoms with Crippen LogP contribution < -0.4 is 4.74 Å². The van der Waals surface area contributed by atoms with Crippen LogP contribution in [0, 0.1) is 19.7 Å². The second-order valence-corrected chi connectivity index (χ2v) is 8.16. The lowest BCUT2D eigenvalue weighted by Crippen LogP contribution is -2.05. The Labute approximate surface area is 185 Å². The molecule has 0 aliphatic rings. The van der Waals surface area contributed by atoms with Crippen LogP contribution in [0.25, 0.3) is 11.4 Å². The lowest BCUT2D eigenvalue weighted by molar-refractivity contribution is 0.407. The number of benzene rings is 2. The number of hydrogen-bond acceptors (Lipinski definition) is 5. The van der Waals surface area contributed by atoms with E-state index >= 15 is 0 Å². The average Bonchev–Trinajstić information content (AvgIpc) is 3.17. The molecule has 31 heavy (non-hydrogen) atoms. The predicted molar refractivity (Wildman–Crippen MR) is 121 cm³/mol. The van der Waals surface area contributed by atoms with Crippen LogP contribution in [0.1, 0.15) is 22.4 Å². The van der Waals surface area contributed by atoms with E-state index < -0.39 is 0 Å². The summed E-state index contributed by atoms with van der Waals surface area (Å²) in [5.74, 6) is 1.93. The van der Waals surface area contributed by atoms with Crippen LogP contribution in [0.4, 0.5) is 4.39 Å². The number of ether oxygens (including phenoxy) is 1. The number of thioether (sulfide) groups is 1. The van der Waals surface area contributed by atoms with Crippen molar-refractivity contribution < 1.29 is 9.13 Å². The molecule has 0 N–H and O–H groups in total. The molecule has 0 atom stereocenters. The van der Waals surface area contributed by atoms with E-state index in [0.717, 1.165) is 38.9 Å². The van der Waals surface area contributed by atoms with Crippen LogP contribution in [-0.2, 0) is 12.3 Å². The molecular formula is C24H23FN4OS. The first-order valence-electron chi connectivity index (χ1n) is 9.91. The Morgan fingerprint density at radius 2 is 1.74 bits per heavy atom. The van der Waals surface area contributed by atoms with Crippen LogP contribution in [0.3, 0.4) is 0 Å². The minimum Gasteiger partial charge on any atom is -0.496 e. The maximum absolute atomic E-state index is 13.4. The summed E-state index contributed by atoms with van der Waals surface area (Å²) >= 11 is 1.57. The zero-order valence-electron chi connectivity index (χ0n) is 17.7. The predicted octanol–water partition coefficient (Wildman–Crippen LogP) is 5.45. The highest BCUT2D eigenvalue weighted by Gasteiger charge is 2.17. The van der Waals surface area contributed by atoms with Crippen molar-refractivity contribution >= 4 is 11.8 Å². The highest BCUT2D eigenvalue weighted by molar-refractivity contribution is 7.98. The molecule has 158 valence electrons. The van der Waals surface area contributed by atoms with Crippen molar-refractivity contribution in [1.82, 2.24) is 19.7 Å². The van der Waals surface area contributed by atoms with Crippen molar-refractivity contribution in [2.45, 2.75) is 31.3 Å². The topological polar surface area (TPSA) is 52.8 Å². The lowest BCUT2D eigenvalue weighted by Gasteiger charge is -2.13. The Morgan fingerprint density at radius 1 is 1.00 bits per heavy atom. The van der Waals surface area contributed by atoms with Gasteiger partial charge in [0.2, 0.25) is 0 Å². The lowest BCUT2D eigenvalue weighted by atomic mass is 10.1. The number of methoxy groups -OCH3 is 1. The zero-order valence-corrected chi connectivity index (χ0v) is 18.5. The maximum Gasteiger partial charge on any atom is 0.192 e. The Hall–Kier alpha value is -3.19. The summed E-state index contributed by atoms with van der Waals surface area (Å²) in [6, 6.07) is 16.5. The molecule has 0 fully saturated rings. The molecule has 0 amide bonds. The molecule has 0 spiro atoms. The van der Waals surface area contributed by atoms with Crippen molar-refractivity contribution in [3.8, 4) is 17.1 Å². The molecule has 2 heterocycles. The van der Waals surface area contributed by atoms with Gasteiger partial charge in [0, 0.05) is 28.6 Å². The van der Waals surface area contributed by atoms with Crippen molar-refractivity contribution in [2.75, 3.05) is 7.11 Å². The molecule has 4 rings (SSSR count). The number of rotatable bonds is 7. The number of aryl methyl sites for hydroxylation is 1. The summed E-state index contributed by atoms with van der Waals surface area (Å²) in [6.07, 6.45) is 1.83. The van der Waals surface area contributed by atoms with Gasteiger partial charge in [-0.15, -0.1) is 10.2 Å². The van der Waals surface area contributed by atoms with Gasteiger partial charge in [0.25, 0.3) is 0 Å². The van der Waals surface area contributed by atoms with Crippen molar-refractivity contribution in [3.63, 3.8) is 0 Å². The highest BCUT2D eigenvalue weighted by Crippen LogP contribution is 2.30. The zero-order chi connectivity index (χ0) is 21.8. The summed E-state index contributed by atoms with van der Waals surface area (Å²) in [7, 11) is 1.68. The van der Waals surface area contributed by atoms with Crippen LogP contribution in [0.2, 0.25) is 0 Å². The minimum atomic E-state index is -0.276. The van der Waals surface area contributed by atoms with Gasteiger partial charge in [-0.3, -0.25) is 9.55 Å². The third-order valence-electron chi connectivity index (χ3n) is 5.09. The van der Waals surface area contributed by atoms with Gasteiger partial charge >= 0.3 is 0 Å². The molecule has 2 aromatic heterocycles. The molecule has 0 bridgehead atoms. The van der Waals surface area contributed by atoms with E-state index in [4.69, 9.17) is 4.74 Å². The molecule has 4 aromatic rings. The Kier molecular flexibility index (Phi) is 6.32. The van der Waals surface area contributed by atoms with Crippen LogP contribution in [-0.4, -0.2) is 26.9 Å². The first kappa shape index (κ1) is 21.1. The molecule has 2 aromatic carbocycles. The van der Waals surface area contributed by atoms with Gasteiger partial charge in [0.05, 0.1) is 19.3 Å². The van der Waals surface area contributed by atoms with Crippen molar-refractivity contribution in [1.29, 1.82) is 0 Å². The quantitative estimate of drug-likeness (QED) is 0.362. The van der Waals surface area contributed by atoms with E-state index in [1.807, 2.05) is 38.2 Å². The standard InChI is InChI=1S/C24H23FN4OS/c1-16-13-26-21(17(2)22(16)30-3)15-31-24-28-27-23(19-9-11-20(25)12-10-19)29(24)14-18-7-5-4-6-8-18/h4-13H,14-15H2,1-3H3. The first-order valence-corrected chi connectivity index (χ1v) is 10.9. The van der Waals surface area contributed by atoms with Gasteiger partial charge in [-0.05, 0) is 43.7 Å². The molecular weight excluding hydrogens is 411 g/mol. The Morgan fingerprint density at radius 3 is 2.45 bits per heavy atom. The summed E-state index contributed by atoms with van der Waals surface area (Å²) < 4.78 is 21.0. The van der Waals surface area contributed by atoms with Crippen LogP contribution >= 0.6 is 11.8 Å². The number of halogens is 1. The molecule has 0 unspecified atom stereocenters. The first-order chi connectivity index (χ1) is 15.1. The number of hydrogen-bond donors (Lipinski definition) is 0. The van der Waals surface area contributed by atoms with Gasteiger partial charge in [-0.1, -0.05) is 42.1 Å². The number of aromatic nitrogens is 4. The second kappa shape index (κ2) is 9.31. The van der Waals surface area contributed by atoms with Gasteiger partial charge < -0.3 is 4.74 Å². The fourth-order valence-corrected chi connectivity index (χ4v) is 4.43. The smallest absolute Gasteiger partial charge is 0.192 e. The fraction of sp³-hybridized carbons (Fsp3) is 0.208. The second-order valence-electron chi connectivity index (χ2n) is 7.22. The van der Waals surface area contributed by atoms with Gasteiger partial charge in [0.15, 0.2) is 11.0 Å². The molecule has 0 saturated carbocycles. The van der Waals surface area contributed by atoms with Crippen molar-refractivity contribution in [3.05, 3.63) is 89.0 Å². The van der Waals surface area contributed by atoms with Gasteiger partial charge in [0.1, 0.15) is 11.6 Å². The Bertz CT molecular complexity index is 1180. The molecule has 0 aliphatic carbocycles. The summed E-state index contributed by atoms with van der Waals surface area (Å²) in [4.78, 5) is 4.59. The molecule has 0 aliphatic heterocycles. The third-order valence-corrected chi connectivity index (χ3v) is 6.07. The van der Waals surface area contributed by atoms with Gasteiger partial charge in [-0.2, -0.15) is 0 Å². The van der Waals surface area contributed by atoms with Crippen LogP contribution in [0.15, 0.2) is 66.0 Å². The van der Waals surface area contributed by atoms with E-state index in [9.17, 15) is 4.39 Å². The summed E-state index contributed by atoms with van der Waals surface area (Å²) in [6.45, 7) is 4.63. The average molecular weight is 435 g/mol. The van der Waals surface area contributed by atoms with Crippen molar-refractivity contribution in [2.24, 2.45) is 0 Å². The van der Waals surface area contributed by atoms with E-state index in [-0.39, 0.29) is 5.82 Å². The van der Waals surface area contributed by atoms with E-state index in [2.05, 4.69) is 31.9 Å². The summed E-state index contributed by atoms with van der Waals surface area (Å²) in [5.41, 5.74) is 4.95. The summed E-state index contributed by atoms with van der Waals surface area (Å²) in [5, 5.41) is 9.64. The molecule has 5 nitrogen and oxygen atoms in total. The minimum absolute atomic E-state index is 0.276. The van der Waals surface area contributed by atoms with E-state index in [1.54, 1.807) is 31.0 Å². The highest BCUT2D eigenvalue weighted by atomic mass is 32.2. The largest absolute Gasteiger partial charge is 0.496 e. The molecule has 7 heteroatoms. The monoisotopic (exact) mass is 434 g/mol. The maximum atomic E-state index is 13.4. The van der Waals surface area contributed by atoms with Gasteiger partial charge in [-0.25, -0.2) is 4.39 Å². The number of pyridine rings is 1. The van der Waals surface area contributed by atoms with E-state index in [0.29, 0.717) is 18.1 Å². The normalized spacial score (nSPS) is 11.0. The fourth-order valence-electron chi connectivity index (χ4n) is 3.47.